The first-order valence-electron chi connectivity index (χ1n) is 16.6. The van der Waals surface area contributed by atoms with Crippen LogP contribution in [-0.4, -0.2) is 113 Å². The van der Waals surface area contributed by atoms with E-state index in [9.17, 15) is 35.5 Å². The molecule has 1 N–H and O–H groups in total. The van der Waals surface area contributed by atoms with E-state index in [2.05, 4.69) is 20.1 Å². The van der Waals surface area contributed by atoms with Crippen molar-refractivity contribution in [1.82, 2.24) is 29.4 Å². The van der Waals surface area contributed by atoms with Crippen molar-refractivity contribution in [3.63, 3.8) is 0 Å². The number of nitrogens with zero attached hydrogens (tertiary/aromatic N) is 6. The molecule has 3 aliphatic heterocycles. The monoisotopic (exact) mass is 697 g/mol. The van der Waals surface area contributed by atoms with Gasteiger partial charge in [0.15, 0.2) is 5.69 Å². The number of piperazine rings is 2. The van der Waals surface area contributed by atoms with Crippen LogP contribution in [-0.2, 0) is 22.8 Å². The number of halogens is 7. The van der Waals surface area contributed by atoms with E-state index in [-0.39, 0.29) is 49.2 Å². The normalized spacial score (nSPS) is 24.1. The minimum atomic E-state index is -4.68. The van der Waals surface area contributed by atoms with Crippen LogP contribution < -0.4 is 10.2 Å². The Morgan fingerprint density at radius 3 is 2.39 bits per heavy atom. The summed E-state index contributed by atoms with van der Waals surface area (Å²) < 4.78 is 95.9. The van der Waals surface area contributed by atoms with E-state index < -0.39 is 35.8 Å². The highest BCUT2D eigenvalue weighted by Gasteiger charge is 2.44. The van der Waals surface area contributed by atoms with Gasteiger partial charge in [-0.2, -0.15) is 26.3 Å². The molecule has 2 aromatic heterocycles. The van der Waals surface area contributed by atoms with E-state index in [1.165, 1.54) is 21.4 Å². The van der Waals surface area contributed by atoms with Gasteiger partial charge in [0.25, 0.3) is 0 Å². The lowest BCUT2D eigenvalue weighted by Crippen LogP contribution is -2.63. The van der Waals surface area contributed by atoms with Crippen LogP contribution in [0.5, 0.6) is 0 Å². The lowest BCUT2D eigenvalue weighted by atomic mass is 9.90. The molecule has 0 saturated carbocycles. The number of alkyl halides is 6. The van der Waals surface area contributed by atoms with Crippen LogP contribution in [0.3, 0.4) is 0 Å². The Bertz CT molecular complexity index is 1670. The number of amides is 1. The second-order valence-electron chi connectivity index (χ2n) is 14.5. The maximum atomic E-state index is 14.2. The third-order valence-electron chi connectivity index (χ3n) is 9.93. The molecule has 2 saturated heterocycles. The molecular weight excluding hydrogens is 655 g/mol. The van der Waals surface area contributed by atoms with E-state index in [0.29, 0.717) is 61.8 Å². The number of aromatic nitrogens is 2. The zero-order chi connectivity index (χ0) is 35.5. The average molecular weight is 698 g/mol. The molecule has 15 heteroatoms. The van der Waals surface area contributed by atoms with Gasteiger partial charge in [0.1, 0.15) is 11.5 Å². The third-order valence-corrected chi connectivity index (χ3v) is 9.93. The topological polar surface area (TPSA) is 59.4 Å². The zero-order valence-corrected chi connectivity index (χ0v) is 28.0. The molecule has 1 aromatic carbocycles. The molecule has 0 spiro atoms. The lowest BCUT2D eigenvalue weighted by molar-refractivity contribution is -0.151. The molecule has 2 fully saturated rings. The van der Waals surface area contributed by atoms with E-state index >= 15 is 0 Å². The van der Waals surface area contributed by atoms with Crippen molar-refractivity contribution in [2.75, 3.05) is 63.8 Å². The van der Waals surface area contributed by atoms with Gasteiger partial charge >= 0.3 is 12.4 Å². The molecule has 6 rings (SSSR count). The summed E-state index contributed by atoms with van der Waals surface area (Å²) in [4.78, 5) is 25.6. The van der Waals surface area contributed by atoms with Gasteiger partial charge in [-0.1, -0.05) is 26.0 Å². The molecule has 3 atom stereocenters. The van der Waals surface area contributed by atoms with Crippen LogP contribution in [0, 0.1) is 5.82 Å². The summed E-state index contributed by atoms with van der Waals surface area (Å²) in [6.45, 7) is 9.95. The van der Waals surface area contributed by atoms with E-state index in [1.807, 2.05) is 27.7 Å². The SMILES string of the molecule is C[C@@H]1CN(CC(=O)N2CC(C)(C)c3c2cc(Cc2ccc(F)cc2)c2nc(C(F)(F)F)cn32)[C@@H](CN2CCN(CC(F)(F)F)C[C@H]2C)CN1. The Morgan fingerprint density at radius 1 is 1.02 bits per heavy atom. The summed E-state index contributed by atoms with van der Waals surface area (Å²) in [6, 6.07) is 7.39. The Morgan fingerprint density at radius 2 is 1.73 bits per heavy atom. The zero-order valence-electron chi connectivity index (χ0n) is 28.0. The highest BCUT2D eigenvalue weighted by Crippen LogP contribution is 2.43. The van der Waals surface area contributed by atoms with Gasteiger partial charge in [-0.15, -0.1) is 0 Å². The number of rotatable bonds is 7. The van der Waals surface area contributed by atoms with Crippen LogP contribution in [0.4, 0.5) is 36.4 Å². The number of benzene rings is 1. The highest BCUT2D eigenvalue weighted by molar-refractivity contribution is 5.98. The Labute approximate surface area is 280 Å². The van der Waals surface area contributed by atoms with Crippen LogP contribution >= 0.6 is 0 Å². The van der Waals surface area contributed by atoms with Crippen LogP contribution in [0.25, 0.3) is 5.65 Å². The summed E-state index contributed by atoms with van der Waals surface area (Å²) in [5.74, 6) is -0.627. The van der Waals surface area contributed by atoms with Gasteiger partial charge in [0.05, 0.1) is 24.5 Å². The van der Waals surface area contributed by atoms with Gasteiger partial charge in [-0.3, -0.25) is 19.5 Å². The first-order chi connectivity index (χ1) is 22.9. The number of pyridine rings is 1. The standard InChI is InChI=1S/C34H42F7N7O/c1-21-14-46(26(13-42-21)16-45-10-9-44(15-22(45)2)20-33(36,37)38)18-29(49)48-19-32(3,4)30-27(48)12-24(11-23-5-7-25(35)8-6-23)31-43-28(17-47(30)31)34(39,40)41/h5-8,12,17,21-22,26,42H,9-11,13-16,18-20H2,1-4H3/t21-,22-,26-/m1/s1. The summed E-state index contributed by atoms with van der Waals surface area (Å²) in [5.41, 5.74) is 0.622. The predicted octanol–water partition coefficient (Wildman–Crippen LogP) is 4.94. The maximum Gasteiger partial charge on any atom is 0.434 e. The van der Waals surface area contributed by atoms with Crippen molar-refractivity contribution in [3.8, 4) is 0 Å². The first-order valence-corrected chi connectivity index (χ1v) is 16.6. The predicted molar refractivity (Wildman–Crippen MR) is 171 cm³/mol. The van der Waals surface area contributed by atoms with Crippen molar-refractivity contribution in [3.05, 3.63) is 64.9 Å². The van der Waals surface area contributed by atoms with Gasteiger partial charge in [0.2, 0.25) is 5.91 Å². The number of hydrogen-bond acceptors (Lipinski definition) is 6. The fourth-order valence-electron chi connectivity index (χ4n) is 7.62. The van der Waals surface area contributed by atoms with Gasteiger partial charge in [0, 0.05) is 87.5 Å². The van der Waals surface area contributed by atoms with Crippen LogP contribution in [0.15, 0.2) is 36.5 Å². The first kappa shape index (κ1) is 35.6. The molecule has 5 heterocycles. The summed E-state index contributed by atoms with van der Waals surface area (Å²) in [7, 11) is 0. The molecule has 0 aliphatic carbocycles. The summed E-state index contributed by atoms with van der Waals surface area (Å²) >= 11 is 0. The molecule has 3 aliphatic rings. The molecule has 268 valence electrons. The second kappa shape index (κ2) is 13.1. The molecule has 0 bridgehead atoms. The van der Waals surface area contributed by atoms with Crippen molar-refractivity contribution in [1.29, 1.82) is 0 Å². The minimum absolute atomic E-state index is 0.0672. The summed E-state index contributed by atoms with van der Waals surface area (Å²) in [6.07, 6.45) is -7.76. The van der Waals surface area contributed by atoms with Gasteiger partial charge in [-0.05, 0) is 37.6 Å². The number of carbonyl (C=O) groups is 1. The molecule has 8 nitrogen and oxygen atoms in total. The van der Waals surface area contributed by atoms with Gasteiger partial charge < -0.3 is 14.6 Å². The Hall–Kier alpha value is -3.27. The van der Waals surface area contributed by atoms with Crippen molar-refractivity contribution < 1.29 is 35.5 Å². The number of imidazole rings is 1. The Kier molecular flexibility index (Phi) is 9.52. The molecule has 0 unspecified atom stereocenters. The maximum absolute atomic E-state index is 14.2. The average Bonchev–Trinajstić information content (AvgIpc) is 3.55. The number of anilines is 1. The molecular formula is C34H42F7N7O. The highest BCUT2D eigenvalue weighted by atomic mass is 19.4. The van der Waals surface area contributed by atoms with E-state index in [4.69, 9.17) is 0 Å². The largest absolute Gasteiger partial charge is 0.434 e. The quantitative estimate of drug-likeness (QED) is 0.354. The number of nitrogens with one attached hydrogen (secondary N) is 1. The Balaban J connectivity index is 1.27. The van der Waals surface area contributed by atoms with Gasteiger partial charge in [-0.25, -0.2) is 9.37 Å². The fourth-order valence-corrected chi connectivity index (χ4v) is 7.62. The molecule has 49 heavy (non-hydrogen) atoms. The third kappa shape index (κ3) is 7.74. The second-order valence-corrected chi connectivity index (χ2v) is 14.5. The van der Waals surface area contributed by atoms with Crippen molar-refractivity contribution >= 4 is 17.2 Å². The lowest BCUT2D eigenvalue weighted by Gasteiger charge is -2.45. The molecule has 1 amide bonds. The van der Waals surface area contributed by atoms with E-state index in [0.717, 1.165) is 6.20 Å². The molecule has 0 radical (unpaired) electrons. The number of hydrogen-bond donors (Lipinski definition) is 1. The fraction of sp³-hybridized carbons (Fsp3) is 0.588. The number of fused-ring (bicyclic) bond motifs is 3. The van der Waals surface area contributed by atoms with Crippen LogP contribution in [0.2, 0.25) is 0 Å². The van der Waals surface area contributed by atoms with Crippen molar-refractivity contribution in [2.45, 2.75) is 70.0 Å². The van der Waals surface area contributed by atoms with E-state index in [1.54, 1.807) is 23.1 Å². The smallest absolute Gasteiger partial charge is 0.311 e. The minimum Gasteiger partial charge on any atom is -0.311 e. The van der Waals surface area contributed by atoms with Crippen molar-refractivity contribution in [2.24, 2.45) is 0 Å². The summed E-state index contributed by atoms with van der Waals surface area (Å²) in [5, 5.41) is 3.47. The van der Waals surface area contributed by atoms with Crippen LogP contribution in [0.1, 0.15) is 50.2 Å². The number of carbonyl (C=O) groups excluding carboxylic acids is 1. The molecule has 3 aromatic rings.